The largest absolute Gasteiger partial charge is 0.491 e. The van der Waals surface area contributed by atoms with E-state index in [1.807, 2.05) is 27.7 Å². The van der Waals surface area contributed by atoms with Gasteiger partial charge in [0.2, 0.25) is 0 Å². The molecule has 112 valence electrons. The Hall–Kier alpha value is -1.82. The Morgan fingerprint density at radius 2 is 2.00 bits per heavy atom. The van der Waals surface area contributed by atoms with E-state index < -0.39 is 4.92 Å². The van der Waals surface area contributed by atoms with Gasteiger partial charge in [0.05, 0.1) is 29.2 Å². The molecule has 1 aromatic rings. The van der Waals surface area contributed by atoms with E-state index in [2.05, 4.69) is 5.32 Å². The van der Waals surface area contributed by atoms with Crippen LogP contribution >= 0.6 is 0 Å². The number of nitro benzene ring substituents is 1. The standard InChI is InChI=1S/C14H22N2O4/c1-10(2)20-13-7-11(6-12(8-13)16(17)18)15-14(3,4)9-19-5/h6-8,10,15H,9H2,1-5H3. The van der Waals surface area contributed by atoms with Gasteiger partial charge < -0.3 is 14.8 Å². The molecule has 0 unspecified atom stereocenters. The number of methoxy groups -OCH3 is 1. The van der Waals surface area contributed by atoms with E-state index >= 15 is 0 Å². The van der Waals surface area contributed by atoms with Gasteiger partial charge in [-0.15, -0.1) is 0 Å². The molecule has 0 heterocycles. The molecule has 1 rings (SSSR count). The molecule has 20 heavy (non-hydrogen) atoms. The second-order valence-corrected chi connectivity index (χ2v) is 5.58. The normalized spacial score (nSPS) is 11.5. The van der Waals surface area contributed by atoms with Crippen LogP contribution in [0.1, 0.15) is 27.7 Å². The molecule has 0 atom stereocenters. The van der Waals surface area contributed by atoms with Gasteiger partial charge in [-0.3, -0.25) is 10.1 Å². The first-order chi connectivity index (χ1) is 9.23. The van der Waals surface area contributed by atoms with Crippen molar-refractivity contribution in [3.63, 3.8) is 0 Å². The fourth-order valence-electron chi connectivity index (χ4n) is 1.89. The summed E-state index contributed by atoms with van der Waals surface area (Å²) in [6, 6.07) is 4.67. The maximum absolute atomic E-state index is 11.0. The molecular formula is C14H22N2O4. The summed E-state index contributed by atoms with van der Waals surface area (Å²) in [6.07, 6.45) is -0.0446. The number of nitrogens with one attached hydrogen (secondary N) is 1. The topological polar surface area (TPSA) is 73.6 Å². The zero-order valence-corrected chi connectivity index (χ0v) is 12.6. The molecule has 0 amide bonds. The zero-order valence-electron chi connectivity index (χ0n) is 12.6. The Morgan fingerprint density at radius 3 is 2.50 bits per heavy atom. The number of benzene rings is 1. The van der Waals surface area contributed by atoms with Gasteiger partial charge in [-0.1, -0.05) is 0 Å². The Balaban J connectivity index is 3.05. The van der Waals surface area contributed by atoms with Crippen molar-refractivity contribution in [2.45, 2.75) is 39.3 Å². The van der Waals surface area contributed by atoms with Crippen LogP contribution in [0.4, 0.5) is 11.4 Å². The second-order valence-electron chi connectivity index (χ2n) is 5.58. The maximum atomic E-state index is 11.0. The first-order valence-corrected chi connectivity index (χ1v) is 6.47. The zero-order chi connectivity index (χ0) is 15.3. The SMILES string of the molecule is COCC(C)(C)Nc1cc(OC(C)C)cc([N+](=O)[O-])c1. The number of non-ortho nitro benzene ring substituents is 1. The van der Waals surface area contributed by atoms with Crippen LogP contribution < -0.4 is 10.1 Å². The number of rotatable bonds is 7. The molecule has 0 aliphatic heterocycles. The number of ether oxygens (including phenoxy) is 2. The van der Waals surface area contributed by atoms with Gasteiger partial charge in [-0.05, 0) is 27.7 Å². The van der Waals surface area contributed by atoms with Crippen molar-refractivity contribution in [1.29, 1.82) is 0 Å². The summed E-state index contributed by atoms with van der Waals surface area (Å²) < 4.78 is 10.7. The Bertz CT molecular complexity index is 472. The van der Waals surface area contributed by atoms with Crippen molar-refractivity contribution >= 4 is 11.4 Å². The minimum Gasteiger partial charge on any atom is -0.491 e. The number of nitro groups is 1. The summed E-state index contributed by atoms with van der Waals surface area (Å²) in [7, 11) is 1.62. The third-order valence-corrected chi connectivity index (χ3v) is 2.46. The fourth-order valence-corrected chi connectivity index (χ4v) is 1.89. The molecule has 0 radical (unpaired) electrons. The van der Waals surface area contributed by atoms with Crippen molar-refractivity contribution < 1.29 is 14.4 Å². The Labute approximate surface area is 119 Å². The van der Waals surface area contributed by atoms with Crippen LogP contribution in [-0.4, -0.2) is 30.3 Å². The molecule has 0 fully saturated rings. The van der Waals surface area contributed by atoms with Crippen molar-refractivity contribution in [2.24, 2.45) is 0 Å². The maximum Gasteiger partial charge on any atom is 0.275 e. The van der Waals surface area contributed by atoms with Gasteiger partial charge in [-0.2, -0.15) is 0 Å². The van der Waals surface area contributed by atoms with E-state index in [9.17, 15) is 10.1 Å². The highest BCUT2D eigenvalue weighted by Gasteiger charge is 2.19. The number of hydrogen-bond donors (Lipinski definition) is 1. The van der Waals surface area contributed by atoms with Crippen LogP contribution in [0.15, 0.2) is 18.2 Å². The summed E-state index contributed by atoms with van der Waals surface area (Å²) in [5.41, 5.74) is 0.301. The number of anilines is 1. The van der Waals surface area contributed by atoms with Crippen molar-refractivity contribution in [1.82, 2.24) is 0 Å². The second kappa shape index (κ2) is 6.56. The highest BCUT2D eigenvalue weighted by Crippen LogP contribution is 2.28. The number of nitrogens with zero attached hydrogens (tertiary/aromatic N) is 1. The van der Waals surface area contributed by atoms with Crippen LogP contribution in [-0.2, 0) is 4.74 Å². The lowest BCUT2D eigenvalue weighted by Gasteiger charge is -2.26. The van der Waals surface area contributed by atoms with E-state index in [-0.39, 0.29) is 17.3 Å². The molecule has 0 saturated carbocycles. The summed E-state index contributed by atoms with van der Waals surface area (Å²) in [5.74, 6) is 0.477. The van der Waals surface area contributed by atoms with Gasteiger partial charge in [0.15, 0.2) is 0 Å². The molecule has 0 saturated heterocycles. The Morgan fingerprint density at radius 1 is 1.35 bits per heavy atom. The predicted molar refractivity (Wildman–Crippen MR) is 78.4 cm³/mol. The van der Waals surface area contributed by atoms with Gasteiger partial charge in [0, 0.05) is 24.9 Å². The van der Waals surface area contributed by atoms with Crippen LogP contribution in [0.3, 0.4) is 0 Å². The van der Waals surface area contributed by atoms with Crippen molar-refractivity contribution in [3.8, 4) is 5.75 Å². The van der Waals surface area contributed by atoms with E-state index in [0.717, 1.165) is 0 Å². The minimum absolute atomic E-state index is 0.00105. The van der Waals surface area contributed by atoms with Crippen molar-refractivity contribution in [2.75, 3.05) is 19.0 Å². The van der Waals surface area contributed by atoms with Crippen molar-refractivity contribution in [3.05, 3.63) is 28.3 Å². The minimum atomic E-state index is -0.429. The van der Waals surface area contributed by atoms with E-state index in [0.29, 0.717) is 18.0 Å². The van der Waals surface area contributed by atoms with Crippen LogP contribution in [0.25, 0.3) is 0 Å². The van der Waals surface area contributed by atoms with Crippen LogP contribution in [0.2, 0.25) is 0 Å². The molecule has 0 spiro atoms. The van der Waals surface area contributed by atoms with Gasteiger partial charge in [-0.25, -0.2) is 0 Å². The molecule has 6 nitrogen and oxygen atoms in total. The number of hydrogen-bond acceptors (Lipinski definition) is 5. The molecule has 0 aliphatic rings. The van der Waals surface area contributed by atoms with E-state index in [4.69, 9.17) is 9.47 Å². The first-order valence-electron chi connectivity index (χ1n) is 6.47. The smallest absolute Gasteiger partial charge is 0.275 e. The van der Waals surface area contributed by atoms with Crippen LogP contribution in [0.5, 0.6) is 5.75 Å². The summed E-state index contributed by atoms with van der Waals surface area (Å²) in [6.45, 7) is 8.15. The third-order valence-electron chi connectivity index (χ3n) is 2.46. The molecule has 0 aromatic heterocycles. The van der Waals surface area contributed by atoms with Gasteiger partial charge in [0.1, 0.15) is 5.75 Å². The van der Waals surface area contributed by atoms with Gasteiger partial charge >= 0.3 is 0 Å². The monoisotopic (exact) mass is 282 g/mol. The lowest BCUT2D eigenvalue weighted by atomic mass is 10.1. The highest BCUT2D eigenvalue weighted by atomic mass is 16.6. The predicted octanol–water partition coefficient (Wildman–Crippen LogP) is 3.22. The van der Waals surface area contributed by atoms with E-state index in [1.165, 1.54) is 12.1 Å². The quantitative estimate of drug-likeness (QED) is 0.614. The van der Waals surface area contributed by atoms with Crippen LogP contribution in [0, 0.1) is 10.1 Å². The summed E-state index contributed by atoms with van der Waals surface area (Å²) in [5, 5.41) is 14.2. The Kier molecular flexibility index (Phi) is 5.33. The molecule has 6 heteroatoms. The molecule has 1 N–H and O–H groups in total. The fraction of sp³-hybridized carbons (Fsp3) is 0.571. The first kappa shape index (κ1) is 16.2. The molecule has 0 bridgehead atoms. The van der Waals surface area contributed by atoms with Gasteiger partial charge in [0.25, 0.3) is 5.69 Å². The third kappa shape index (κ3) is 5.05. The molecule has 1 aromatic carbocycles. The highest BCUT2D eigenvalue weighted by molar-refractivity contribution is 5.57. The average Bonchev–Trinajstić information content (AvgIpc) is 2.26. The lowest BCUT2D eigenvalue weighted by Crippen LogP contribution is -2.35. The average molecular weight is 282 g/mol. The molecular weight excluding hydrogens is 260 g/mol. The molecule has 0 aliphatic carbocycles. The lowest BCUT2D eigenvalue weighted by molar-refractivity contribution is -0.384. The summed E-state index contributed by atoms with van der Waals surface area (Å²) >= 11 is 0. The summed E-state index contributed by atoms with van der Waals surface area (Å²) in [4.78, 5) is 10.6. The van der Waals surface area contributed by atoms with E-state index in [1.54, 1.807) is 13.2 Å².